The molecule has 14 heavy (non-hydrogen) atoms. The first-order chi connectivity index (χ1) is 6.59. The van der Waals surface area contributed by atoms with Crippen LogP contribution in [0, 0.1) is 13.8 Å². The number of hydrogen-bond acceptors (Lipinski definition) is 1. The van der Waals surface area contributed by atoms with E-state index in [9.17, 15) is 4.79 Å². The topological polar surface area (TPSA) is 29.1 Å². The molecule has 1 aromatic carbocycles. The Bertz CT molecular complexity index is 336. The van der Waals surface area contributed by atoms with Crippen LogP contribution < -0.4 is 5.32 Å². The molecule has 0 spiro atoms. The van der Waals surface area contributed by atoms with E-state index in [0.29, 0.717) is 6.54 Å². The van der Waals surface area contributed by atoms with E-state index in [1.165, 1.54) is 16.7 Å². The molecule has 2 nitrogen and oxygen atoms in total. The van der Waals surface area contributed by atoms with Crippen molar-refractivity contribution in [3.8, 4) is 0 Å². The molecule has 0 radical (unpaired) electrons. The fourth-order valence-corrected chi connectivity index (χ4v) is 1.52. The summed E-state index contributed by atoms with van der Waals surface area (Å²) in [5.74, 6) is 0. The summed E-state index contributed by atoms with van der Waals surface area (Å²) in [4.78, 5) is 10.4. The molecule has 0 bridgehead atoms. The van der Waals surface area contributed by atoms with Crippen molar-refractivity contribution in [3.63, 3.8) is 0 Å². The van der Waals surface area contributed by atoms with Crippen molar-refractivity contribution in [1.29, 1.82) is 0 Å². The highest BCUT2D eigenvalue weighted by Gasteiger charge is 1.99. The van der Waals surface area contributed by atoms with Gasteiger partial charge < -0.3 is 5.32 Å². The quantitative estimate of drug-likeness (QED) is 0.605. The van der Waals surface area contributed by atoms with Gasteiger partial charge in [0, 0.05) is 6.54 Å². The van der Waals surface area contributed by atoms with Crippen LogP contribution in [0.4, 0.5) is 4.79 Å². The molecule has 0 saturated carbocycles. The summed E-state index contributed by atoms with van der Waals surface area (Å²) in [6.45, 7) is 4.73. The summed E-state index contributed by atoms with van der Waals surface area (Å²) in [5.41, 5.74) is 3.77. The van der Waals surface area contributed by atoms with Crippen LogP contribution in [-0.2, 0) is 6.42 Å². The number of nitrogens with one attached hydrogen (secondary N) is 1. The molecule has 1 N–H and O–H groups in total. The highest BCUT2D eigenvalue weighted by molar-refractivity contribution is 6.62. The molecule has 0 aromatic heterocycles. The summed E-state index contributed by atoms with van der Waals surface area (Å²) >= 11 is 5.16. The molecule has 0 atom stereocenters. The van der Waals surface area contributed by atoms with Crippen molar-refractivity contribution in [3.05, 3.63) is 34.9 Å². The maximum Gasteiger partial charge on any atom is 0.313 e. The number of halogens is 1. The zero-order valence-corrected chi connectivity index (χ0v) is 9.19. The van der Waals surface area contributed by atoms with Gasteiger partial charge in [0.15, 0.2) is 0 Å². The Balaban J connectivity index is 2.55. The lowest BCUT2D eigenvalue weighted by Crippen LogP contribution is -2.19. The zero-order chi connectivity index (χ0) is 10.6. The molecule has 0 aliphatic heterocycles. The van der Waals surface area contributed by atoms with Gasteiger partial charge in [0.25, 0.3) is 0 Å². The van der Waals surface area contributed by atoms with Gasteiger partial charge in [-0.05, 0) is 43.0 Å². The Morgan fingerprint density at radius 1 is 1.43 bits per heavy atom. The second-order valence-electron chi connectivity index (χ2n) is 3.38. The summed E-state index contributed by atoms with van der Waals surface area (Å²) in [5, 5.41) is 2.07. The molecule has 1 amide bonds. The van der Waals surface area contributed by atoms with Crippen LogP contribution in [-0.4, -0.2) is 11.9 Å². The van der Waals surface area contributed by atoms with E-state index in [1.54, 1.807) is 0 Å². The standard InChI is InChI=1S/C11H14ClNO/c1-8-3-4-10(9(2)7-8)5-6-13-11(12)14/h3-4,7H,5-6H2,1-2H3,(H,13,14). The minimum Gasteiger partial charge on any atom is -0.342 e. The molecule has 0 fully saturated rings. The number of carbonyl (C=O) groups excluding carboxylic acids is 1. The smallest absolute Gasteiger partial charge is 0.313 e. The molecule has 1 aromatic rings. The lowest BCUT2D eigenvalue weighted by molar-refractivity contribution is 0.260. The molecule has 1 rings (SSSR count). The minimum absolute atomic E-state index is 0.491. The van der Waals surface area contributed by atoms with Crippen LogP contribution in [0.3, 0.4) is 0 Å². The second-order valence-corrected chi connectivity index (χ2v) is 3.72. The fraction of sp³-hybridized carbons (Fsp3) is 0.364. The van der Waals surface area contributed by atoms with Crippen LogP contribution in [0.15, 0.2) is 18.2 Å². The lowest BCUT2D eigenvalue weighted by atomic mass is 10.0. The highest BCUT2D eigenvalue weighted by atomic mass is 35.5. The highest BCUT2D eigenvalue weighted by Crippen LogP contribution is 2.10. The predicted octanol–water partition coefficient (Wildman–Crippen LogP) is 2.79. The molecule has 3 heteroatoms. The monoisotopic (exact) mass is 211 g/mol. The largest absolute Gasteiger partial charge is 0.342 e. The predicted molar refractivity (Wildman–Crippen MR) is 58.9 cm³/mol. The molecular weight excluding hydrogens is 198 g/mol. The first kappa shape index (κ1) is 11.1. The van der Waals surface area contributed by atoms with Gasteiger partial charge in [-0.25, -0.2) is 0 Å². The number of carbonyl (C=O) groups is 1. The molecule has 0 unspecified atom stereocenters. The maximum atomic E-state index is 10.4. The van der Waals surface area contributed by atoms with Gasteiger partial charge >= 0.3 is 5.37 Å². The average Bonchev–Trinajstić information content (AvgIpc) is 2.08. The van der Waals surface area contributed by atoms with Gasteiger partial charge in [-0.1, -0.05) is 23.8 Å². The van der Waals surface area contributed by atoms with Gasteiger partial charge in [-0.15, -0.1) is 0 Å². The first-order valence-electron chi connectivity index (χ1n) is 4.59. The summed E-state index contributed by atoms with van der Waals surface area (Å²) < 4.78 is 0. The third-order valence-corrected chi connectivity index (χ3v) is 2.29. The lowest BCUT2D eigenvalue weighted by Gasteiger charge is -2.06. The Morgan fingerprint density at radius 2 is 2.14 bits per heavy atom. The SMILES string of the molecule is Cc1ccc(CCNC(=O)Cl)c(C)c1. The van der Waals surface area contributed by atoms with Crippen molar-refractivity contribution in [2.45, 2.75) is 20.3 Å². The minimum atomic E-state index is -0.491. The van der Waals surface area contributed by atoms with Crippen molar-refractivity contribution in [2.75, 3.05) is 6.54 Å². The third kappa shape index (κ3) is 3.38. The van der Waals surface area contributed by atoms with Gasteiger partial charge in [0.05, 0.1) is 0 Å². The van der Waals surface area contributed by atoms with Gasteiger partial charge in [-0.2, -0.15) is 0 Å². The summed E-state index contributed by atoms with van der Waals surface area (Å²) in [7, 11) is 0. The van der Waals surface area contributed by atoms with Crippen LogP contribution in [0.2, 0.25) is 0 Å². The number of benzene rings is 1. The summed E-state index contributed by atoms with van der Waals surface area (Å²) in [6, 6.07) is 6.30. The van der Waals surface area contributed by atoms with E-state index in [0.717, 1.165) is 6.42 Å². The fourth-order valence-electron chi connectivity index (χ4n) is 1.42. The van der Waals surface area contributed by atoms with E-state index in [1.807, 2.05) is 0 Å². The second kappa shape index (κ2) is 5.01. The van der Waals surface area contributed by atoms with Gasteiger partial charge in [0.2, 0.25) is 0 Å². The average molecular weight is 212 g/mol. The molecule has 76 valence electrons. The van der Waals surface area contributed by atoms with Crippen molar-refractivity contribution in [2.24, 2.45) is 0 Å². The normalized spacial score (nSPS) is 9.93. The van der Waals surface area contributed by atoms with E-state index in [-0.39, 0.29) is 0 Å². The Morgan fingerprint density at radius 3 is 2.71 bits per heavy atom. The first-order valence-corrected chi connectivity index (χ1v) is 4.97. The van der Waals surface area contributed by atoms with E-state index in [4.69, 9.17) is 11.6 Å². The molecule has 0 saturated heterocycles. The van der Waals surface area contributed by atoms with Crippen LogP contribution in [0.1, 0.15) is 16.7 Å². The molecule has 0 aliphatic rings. The number of rotatable bonds is 3. The van der Waals surface area contributed by atoms with Crippen LogP contribution in [0.5, 0.6) is 0 Å². The number of aryl methyl sites for hydroxylation is 2. The third-order valence-electron chi connectivity index (χ3n) is 2.16. The molecular formula is C11H14ClNO. The van der Waals surface area contributed by atoms with Crippen molar-refractivity contribution < 1.29 is 4.79 Å². The van der Waals surface area contributed by atoms with Crippen molar-refractivity contribution >= 4 is 17.0 Å². The number of amides is 1. The molecule has 0 aliphatic carbocycles. The van der Waals surface area contributed by atoms with Crippen LogP contribution >= 0.6 is 11.6 Å². The molecule has 0 heterocycles. The van der Waals surface area contributed by atoms with E-state index in [2.05, 4.69) is 37.4 Å². The number of hydrogen-bond donors (Lipinski definition) is 1. The Kier molecular flexibility index (Phi) is 3.96. The van der Waals surface area contributed by atoms with Gasteiger partial charge in [-0.3, -0.25) is 4.79 Å². The van der Waals surface area contributed by atoms with Crippen LogP contribution in [0.25, 0.3) is 0 Å². The Labute approximate surface area is 89.3 Å². The van der Waals surface area contributed by atoms with E-state index >= 15 is 0 Å². The van der Waals surface area contributed by atoms with E-state index < -0.39 is 5.37 Å². The summed E-state index contributed by atoms with van der Waals surface area (Å²) in [6.07, 6.45) is 0.824. The van der Waals surface area contributed by atoms with Crippen molar-refractivity contribution in [1.82, 2.24) is 5.32 Å². The zero-order valence-electron chi connectivity index (χ0n) is 8.43. The Hall–Kier alpha value is -1.02. The maximum absolute atomic E-state index is 10.4. The van der Waals surface area contributed by atoms with Gasteiger partial charge in [0.1, 0.15) is 0 Å².